The van der Waals surface area contributed by atoms with E-state index in [1.165, 1.54) is 49.4 Å². The second kappa shape index (κ2) is 10.8. The maximum absolute atomic E-state index is 6.96. The molecule has 0 unspecified atom stereocenters. The second-order valence-corrected chi connectivity index (χ2v) is 13.3. The van der Waals surface area contributed by atoms with E-state index in [1.807, 2.05) is 0 Å². The van der Waals surface area contributed by atoms with Crippen molar-refractivity contribution in [1.29, 1.82) is 0 Å². The largest absolute Gasteiger partial charge is 0.455 e. The summed E-state index contributed by atoms with van der Waals surface area (Å²) in [6.07, 6.45) is 0. The standard InChI is InChI=1S/C48H30N2O/c1-3-12-31(13-4-1)33-22-24-35(25-23-33)50-41-20-9-7-18-37(41)38-27-29-44-46(47(38)50)40-26-28-43-45(48(40)51-44)39-19-8-10-21-42(39)49(43)36-17-11-16-34(30-36)32-14-5-2-6-15-32/h1-30H. The van der Waals surface area contributed by atoms with E-state index in [0.717, 1.165) is 49.7 Å². The number of hydrogen-bond acceptors (Lipinski definition) is 1. The summed E-state index contributed by atoms with van der Waals surface area (Å²) in [5, 5.41) is 7.01. The lowest BCUT2D eigenvalue weighted by Crippen LogP contribution is -1.94. The molecule has 0 aliphatic carbocycles. The van der Waals surface area contributed by atoms with E-state index in [9.17, 15) is 0 Å². The molecule has 0 spiro atoms. The lowest BCUT2D eigenvalue weighted by Gasteiger charge is -2.11. The van der Waals surface area contributed by atoms with Gasteiger partial charge in [-0.25, -0.2) is 0 Å². The molecule has 0 aliphatic rings. The summed E-state index contributed by atoms with van der Waals surface area (Å²) in [5.74, 6) is 0. The van der Waals surface area contributed by atoms with Crippen LogP contribution in [-0.4, -0.2) is 9.13 Å². The van der Waals surface area contributed by atoms with Crippen molar-refractivity contribution in [2.75, 3.05) is 0 Å². The number of para-hydroxylation sites is 2. The van der Waals surface area contributed by atoms with Crippen molar-refractivity contribution in [2.45, 2.75) is 0 Å². The SMILES string of the molecule is c1ccc(-c2ccc(-n3c4ccccc4c4ccc5oc6c(ccc7c6c6ccccc6n7-c6cccc(-c7ccccc7)c6)c5c43)cc2)cc1. The Bertz CT molecular complexity index is 3110. The van der Waals surface area contributed by atoms with Gasteiger partial charge in [0.05, 0.1) is 32.8 Å². The smallest absolute Gasteiger partial charge is 0.145 e. The molecule has 8 aromatic carbocycles. The summed E-state index contributed by atoms with van der Waals surface area (Å²) >= 11 is 0. The third-order valence-corrected chi connectivity index (χ3v) is 10.5. The molecule has 0 aliphatic heterocycles. The Labute approximate surface area is 293 Å². The van der Waals surface area contributed by atoms with Crippen LogP contribution in [0.25, 0.3) is 99.2 Å². The minimum absolute atomic E-state index is 0.887. The van der Waals surface area contributed by atoms with E-state index >= 15 is 0 Å². The van der Waals surface area contributed by atoms with Gasteiger partial charge in [-0.2, -0.15) is 0 Å². The molecular weight excluding hydrogens is 621 g/mol. The van der Waals surface area contributed by atoms with Crippen LogP contribution in [0.2, 0.25) is 0 Å². The van der Waals surface area contributed by atoms with Crippen molar-refractivity contribution in [3.05, 3.63) is 182 Å². The number of benzene rings is 8. The fourth-order valence-corrected chi connectivity index (χ4v) is 8.26. The number of nitrogens with zero attached hydrogens (tertiary/aromatic N) is 2. The van der Waals surface area contributed by atoms with E-state index in [0.29, 0.717) is 0 Å². The number of furan rings is 1. The zero-order valence-corrected chi connectivity index (χ0v) is 27.6. The minimum atomic E-state index is 0.887. The molecule has 3 aromatic heterocycles. The van der Waals surface area contributed by atoms with E-state index in [4.69, 9.17) is 4.42 Å². The molecule has 11 rings (SSSR count). The summed E-state index contributed by atoms with van der Waals surface area (Å²) in [4.78, 5) is 0. The Morgan fingerprint density at radius 1 is 0.333 bits per heavy atom. The molecule has 0 atom stereocenters. The molecule has 0 saturated carbocycles. The van der Waals surface area contributed by atoms with Crippen LogP contribution in [0.4, 0.5) is 0 Å². The van der Waals surface area contributed by atoms with Gasteiger partial charge in [0.25, 0.3) is 0 Å². The average molecular weight is 651 g/mol. The van der Waals surface area contributed by atoms with Crippen LogP contribution in [-0.2, 0) is 0 Å². The summed E-state index contributed by atoms with van der Waals surface area (Å²) in [6, 6.07) is 65.3. The van der Waals surface area contributed by atoms with E-state index in [2.05, 4.69) is 191 Å². The Kier molecular flexibility index (Phi) is 5.96. The Balaban J connectivity index is 1.20. The maximum atomic E-state index is 6.96. The number of rotatable bonds is 4. The predicted molar refractivity (Wildman–Crippen MR) is 213 cm³/mol. The fourth-order valence-electron chi connectivity index (χ4n) is 8.26. The first-order valence-corrected chi connectivity index (χ1v) is 17.4. The Hall–Kier alpha value is -6.84. The Morgan fingerprint density at radius 2 is 0.941 bits per heavy atom. The Morgan fingerprint density at radius 3 is 1.71 bits per heavy atom. The molecule has 11 aromatic rings. The first-order chi connectivity index (χ1) is 25.3. The van der Waals surface area contributed by atoms with Crippen molar-refractivity contribution in [3.8, 4) is 33.6 Å². The third-order valence-electron chi connectivity index (χ3n) is 10.5. The summed E-state index contributed by atoms with van der Waals surface area (Å²) in [5.41, 5.74) is 13.5. The number of fused-ring (bicyclic) bond motifs is 11. The van der Waals surface area contributed by atoms with Crippen LogP contribution >= 0.6 is 0 Å². The van der Waals surface area contributed by atoms with Crippen LogP contribution < -0.4 is 0 Å². The van der Waals surface area contributed by atoms with Gasteiger partial charge in [-0.3, -0.25) is 0 Å². The molecule has 3 heterocycles. The van der Waals surface area contributed by atoms with Crippen LogP contribution in [0, 0.1) is 0 Å². The molecule has 0 radical (unpaired) electrons. The van der Waals surface area contributed by atoms with E-state index in [1.54, 1.807) is 0 Å². The highest BCUT2D eigenvalue weighted by Gasteiger charge is 2.23. The molecule has 3 heteroatoms. The van der Waals surface area contributed by atoms with Gasteiger partial charge in [-0.1, -0.05) is 121 Å². The molecular formula is C48H30N2O. The second-order valence-electron chi connectivity index (χ2n) is 13.3. The van der Waals surface area contributed by atoms with E-state index < -0.39 is 0 Å². The predicted octanol–water partition coefficient (Wildman–Crippen LogP) is 13.1. The number of hydrogen-bond donors (Lipinski definition) is 0. The van der Waals surface area contributed by atoms with Crippen molar-refractivity contribution >= 4 is 65.6 Å². The first-order valence-electron chi connectivity index (χ1n) is 17.4. The van der Waals surface area contributed by atoms with Crippen molar-refractivity contribution in [1.82, 2.24) is 9.13 Å². The first kappa shape index (κ1) is 28.0. The highest BCUT2D eigenvalue weighted by atomic mass is 16.3. The van der Waals surface area contributed by atoms with Gasteiger partial charge in [0.2, 0.25) is 0 Å². The van der Waals surface area contributed by atoms with Gasteiger partial charge in [0, 0.05) is 32.9 Å². The van der Waals surface area contributed by atoms with Gasteiger partial charge >= 0.3 is 0 Å². The van der Waals surface area contributed by atoms with Crippen molar-refractivity contribution in [2.24, 2.45) is 0 Å². The molecule has 0 bridgehead atoms. The maximum Gasteiger partial charge on any atom is 0.145 e. The summed E-state index contributed by atoms with van der Waals surface area (Å²) < 4.78 is 11.8. The van der Waals surface area contributed by atoms with Crippen molar-refractivity contribution < 1.29 is 4.42 Å². The fraction of sp³-hybridized carbons (Fsp3) is 0. The quantitative estimate of drug-likeness (QED) is 0.186. The van der Waals surface area contributed by atoms with Gasteiger partial charge in [0.1, 0.15) is 11.2 Å². The normalized spacial score (nSPS) is 11.9. The van der Waals surface area contributed by atoms with Crippen LogP contribution in [0.5, 0.6) is 0 Å². The average Bonchev–Trinajstić information content (AvgIpc) is 3.86. The van der Waals surface area contributed by atoms with Crippen molar-refractivity contribution in [3.63, 3.8) is 0 Å². The highest BCUT2D eigenvalue weighted by molar-refractivity contribution is 6.30. The monoisotopic (exact) mass is 650 g/mol. The topological polar surface area (TPSA) is 23.0 Å². The van der Waals surface area contributed by atoms with Crippen LogP contribution in [0.15, 0.2) is 186 Å². The lowest BCUT2D eigenvalue weighted by molar-refractivity contribution is 0.673. The van der Waals surface area contributed by atoms with Crippen LogP contribution in [0.1, 0.15) is 0 Å². The summed E-state index contributed by atoms with van der Waals surface area (Å²) in [7, 11) is 0. The molecule has 3 nitrogen and oxygen atoms in total. The number of aromatic nitrogens is 2. The molecule has 0 N–H and O–H groups in total. The van der Waals surface area contributed by atoms with Gasteiger partial charge in [-0.15, -0.1) is 0 Å². The van der Waals surface area contributed by atoms with Gasteiger partial charge in [0.15, 0.2) is 0 Å². The zero-order chi connectivity index (χ0) is 33.5. The molecule has 0 amide bonds. The van der Waals surface area contributed by atoms with Gasteiger partial charge < -0.3 is 13.6 Å². The molecule has 0 saturated heterocycles. The highest BCUT2D eigenvalue weighted by Crippen LogP contribution is 2.45. The zero-order valence-electron chi connectivity index (χ0n) is 27.6. The van der Waals surface area contributed by atoms with Crippen LogP contribution in [0.3, 0.4) is 0 Å². The third kappa shape index (κ3) is 4.12. The van der Waals surface area contributed by atoms with E-state index in [-0.39, 0.29) is 0 Å². The summed E-state index contributed by atoms with van der Waals surface area (Å²) in [6.45, 7) is 0. The minimum Gasteiger partial charge on any atom is -0.455 e. The molecule has 51 heavy (non-hydrogen) atoms. The van der Waals surface area contributed by atoms with Gasteiger partial charge in [-0.05, 0) is 82.9 Å². The molecule has 238 valence electrons. The molecule has 0 fully saturated rings. The lowest BCUT2D eigenvalue weighted by atomic mass is 10.0.